The smallest absolute Gasteiger partial charge is 0.230 e. The maximum absolute atomic E-state index is 12.3. The maximum Gasteiger partial charge on any atom is 0.230 e. The van der Waals surface area contributed by atoms with Gasteiger partial charge < -0.3 is 14.8 Å². The number of benzene rings is 2. The summed E-state index contributed by atoms with van der Waals surface area (Å²) >= 11 is 13.5. The van der Waals surface area contributed by atoms with Crippen LogP contribution < -0.4 is 14.8 Å². The fraction of sp³-hybridized carbons (Fsp3) is 0.158. The highest BCUT2D eigenvalue weighted by atomic mass is 35.5. The number of rotatable bonds is 6. The highest BCUT2D eigenvalue weighted by Gasteiger charge is 2.13. The molecule has 1 heterocycles. The fourth-order valence-electron chi connectivity index (χ4n) is 2.49. The highest BCUT2D eigenvalue weighted by molar-refractivity contribution is 7.14. The lowest BCUT2D eigenvalue weighted by Crippen LogP contribution is -2.14. The van der Waals surface area contributed by atoms with E-state index < -0.39 is 0 Å². The molecule has 140 valence electrons. The third-order valence-corrected chi connectivity index (χ3v) is 5.09. The summed E-state index contributed by atoms with van der Waals surface area (Å²) in [4.78, 5) is 16.8. The van der Waals surface area contributed by atoms with Gasteiger partial charge in [0.25, 0.3) is 0 Å². The number of nitrogens with one attached hydrogen (secondary N) is 1. The Balaban J connectivity index is 1.70. The standard InChI is InChI=1S/C19H16Cl2N2O3S/c1-25-16-6-3-11(7-17(16)26-2)8-18(24)23-19-22-15(10-27-19)13-9-12(20)4-5-14(13)21/h3-7,9-10H,8H2,1-2H3,(H,22,23,24). The molecule has 0 fully saturated rings. The number of anilines is 1. The molecule has 0 aliphatic carbocycles. The van der Waals surface area contributed by atoms with Gasteiger partial charge in [-0.2, -0.15) is 0 Å². The Hall–Kier alpha value is -2.28. The van der Waals surface area contributed by atoms with Crippen LogP contribution in [0, 0.1) is 0 Å². The van der Waals surface area contributed by atoms with Crippen LogP contribution >= 0.6 is 34.5 Å². The van der Waals surface area contributed by atoms with Crippen LogP contribution in [0.5, 0.6) is 11.5 Å². The Morgan fingerprint density at radius 3 is 2.63 bits per heavy atom. The Kier molecular flexibility index (Phi) is 6.21. The number of amides is 1. The van der Waals surface area contributed by atoms with E-state index in [9.17, 15) is 4.79 Å². The Bertz CT molecular complexity index is 975. The molecule has 0 bridgehead atoms. The lowest BCUT2D eigenvalue weighted by Gasteiger charge is -2.09. The highest BCUT2D eigenvalue weighted by Crippen LogP contribution is 2.33. The van der Waals surface area contributed by atoms with E-state index in [0.717, 1.165) is 11.1 Å². The van der Waals surface area contributed by atoms with Gasteiger partial charge in [0.15, 0.2) is 16.6 Å². The molecule has 0 saturated carbocycles. The predicted octanol–water partition coefficient (Wildman–Crippen LogP) is 5.32. The van der Waals surface area contributed by atoms with Crippen molar-refractivity contribution in [3.63, 3.8) is 0 Å². The van der Waals surface area contributed by atoms with Gasteiger partial charge in [0, 0.05) is 16.0 Å². The molecule has 2 aromatic carbocycles. The van der Waals surface area contributed by atoms with Crippen molar-refractivity contribution in [2.24, 2.45) is 0 Å². The van der Waals surface area contributed by atoms with Gasteiger partial charge in [-0.25, -0.2) is 4.98 Å². The van der Waals surface area contributed by atoms with Crippen molar-refractivity contribution in [3.05, 3.63) is 57.4 Å². The van der Waals surface area contributed by atoms with Gasteiger partial charge in [0.05, 0.1) is 31.4 Å². The summed E-state index contributed by atoms with van der Waals surface area (Å²) in [6.45, 7) is 0. The number of carbonyl (C=O) groups is 1. The minimum Gasteiger partial charge on any atom is -0.493 e. The van der Waals surface area contributed by atoms with Gasteiger partial charge in [-0.3, -0.25) is 4.79 Å². The fourth-order valence-corrected chi connectivity index (χ4v) is 3.60. The summed E-state index contributed by atoms with van der Waals surface area (Å²) in [5, 5.41) is 6.24. The molecule has 27 heavy (non-hydrogen) atoms. The average Bonchev–Trinajstić information content (AvgIpc) is 3.11. The van der Waals surface area contributed by atoms with E-state index in [2.05, 4.69) is 10.3 Å². The SMILES string of the molecule is COc1ccc(CC(=O)Nc2nc(-c3cc(Cl)ccc3Cl)cs2)cc1OC. The summed E-state index contributed by atoms with van der Waals surface area (Å²) < 4.78 is 10.5. The van der Waals surface area contributed by atoms with Crippen LogP contribution in [0.4, 0.5) is 5.13 Å². The first kappa shape index (κ1) is 19.5. The van der Waals surface area contributed by atoms with Gasteiger partial charge in [0.1, 0.15) is 0 Å². The largest absolute Gasteiger partial charge is 0.493 e. The number of aromatic nitrogens is 1. The molecule has 1 N–H and O–H groups in total. The van der Waals surface area contributed by atoms with Crippen molar-refractivity contribution in [1.82, 2.24) is 4.98 Å². The van der Waals surface area contributed by atoms with Crippen LogP contribution in [-0.2, 0) is 11.2 Å². The van der Waals surface area contributed by atoms with Gasteiger partial charge in [0.2, 0.25) is 5.91 Å². The Labute approximate surface area is 170 Å². The van der Waals surface area contributed by atoms with Crippen molar-refractivity contribution in [2.75, 3.05) is 19.5 Å². The van der Waals surface area contributed by atoms with Crippen LogP contribution in [0.15, 0.2) is 41.8 Å². The van der Waals surface area contributed by atoms with Crippen molar-refractivity contribution in [3.8, 4) is 22.8 Å². The molecule has 5 nitrogen and oxygen atoms in total. The second-order valence-corrected chi connectivity index (χ2v) is 7.28. The van der Waals surface area contributed by atoms with Gasteiger partial charge in [-0.05, 0) is 35.9 Å². The number of nitrogens with zero attached hydrogens (tertiary/aromatic N) is 1. The normalized spacial score (nSPS) is 10.5. The van der Waals surface area contributed by atoms with Crippen molar-refractivity contribution >= 4 is 45.6 Å². The van der Waals surface area contributed by atoms with E-state index in [1.54, 1.807) is 44.6 Å². The number of thiazole rings is 1. The topological polar surface area (TPSA) is 60.5 Å². The summed E-state index contributed by atoms with van der Waals surface area (Å²) in [7, 11) is 3.12. The average molecular weight is 423 g/mol. The molecule has 1 amide bonds. The zero-order valence-corrected chi connectivity index (χ0v) is 16.9. The molecule has 1 aromatic heterocycles. The number of carbonyl (C=O) groups excluding carboxylic acids is 1. The first-order chi connectivity index (χ1) is 13.0. The van der Waals surface area contributed by atoms with Crippen LogP contribution in [0.25, 0.3) is 11.3 Å². The van der Waals surface area contributed by atoms with Crippen molar-refractivity contribution < 1.29 is 14.3 Å². The zero-order valence-electron chi connectivity index (χ0n) is 14.6. The van der Waals surface area contributed by atoms with Crippen LogP contribution in [-0.4, -0.2) is 25.1 Å². The summed E-state index contributed by atoms with van der Waals surface area (Å²) in [6.07, 6.45) is 0.188. The first-order valence-electron chi connectivity index (χ1n) is 7.92. The number of methoxy groups -OCH3 is 2. The molecule has 3 aromatic rings. The van der Waals surface area contributed by atoms with Gasteiger partial charge in [-0.15, -0.1) is 11.3 Å². The third-order valence-electron chi connectivity index (χ3n) is 3.77. The van der Waals surface area contributed by atoms with E-state index >= 15 is 0 Å². The Morgan fingerprint density at radius 1 is 1.11 bits per heavy atom. The second kappa shape index (κ2) is 8.61. The zero-order chi connectivity index (χ0) is 19.4. The molecule has 0 aliphatic heterocycles. The molecule has 3 rings (SSSR count). The summed E-state index contributed by atoms with van der Waals surface area (Å²) in [5.74, 6) is 1.01. The van der Waals surface area contributed by atoms with E-state index in [-0.39, 0.29) is 12.3 Å². The number of hydrogen-bond acceptors (Lipinski definition) is 5. The van der Waals surface area contributed by atoms with E-state index in [4.69, 9.17) is 32.7 Å². The molecule has 0 atom stereocenters. The second-order valence-electron chi connectivity index (χ2n) is 5.58. The molecule has 0 unspecified atom stereocenters. The van der Waals surface area contributed by atoms with Gasteiger partial charge in [-0.1, -0.05) is 29.3 Å². The molecular weight excluding hydrogens is 407 g/mol. The van der Waals surface area contributed by atoms with Crippen LogP contribution in [0.3, 0.4) is 0 Å². The monoisotopic (exact) mass is 422 g/mol. The molecular formula is C19H16Cl2N2O3S. The lowest BCUT2D eigenvalue weighted by atomic mass is 10.1. The van der Waals surface area contributed by atoms with Crippen LogP contribution in [0.2, 0.25) is 10.0 Å². The van der Waals surface area contributed by atoms with E-state index in [0.29, 0.717) is 32.4 Å². The minimum absolute atomic E-state index is 0.180. The predicted molar refractivity (Wildman–Crippen MR) is 109 cm³/mol. The van der Waals surface area contributed by atoms with E-state index in [1.807, 2.05) is 11.4 Å². The Morgan fingerprint density at radius 2 is 1.89 bits per heavy atom. The first-order valence-corrected chi connectivity index (χ1v) is 9.55. The summed E-state index contributed by atoms with van der Waals surface area (Å²) in [6, 6.07) is 10.5. The number of halogens is 2. The van der Waals surface area contributed by atoms with Crippen molar-refractivity contribution in [2.45, 2.75) is 6.42 Å². The van der Waals surface area contributed by atoms with Crippen LogP contribution in [0.1, 0.15) is 5.56 Å². The molecule has 0 aliphatic rings. The lowest BCUT2D eigenvalue weighted by molar-refractivity contribution is -0.115. The van der Waals surface area contributed by atoms with E-state index in [1.165, 1.54) is 11.3 Å². The number of hydrogen-bond donors (Lipinski definition) is 1. The molecule has 8 heteroatoms. The minimum atomic E-state index is -0.180. The maximum atomic E-state index is 12.3. The third kappa shape index (κ3) is 4.71. The van der Waals surface area contributed by atoms with Crippen molar-refractivity contribution in [1.29, 1.82) is 0 Å². The van der Waals surface area contributed by atoms with Gasteiger partial charge >= 0.3 is 0 Å². The summed E-state index contributed by atoms with van der Waals surface area (Å²) in [5.41, 5.74) is 2.19. The molecule has 0 spiro atoms. The number of ether oxygens (including phenoxy) is 2. The quantitative estimate of drug-likeness (QED) is 0.583. The molecule has 0 saturated heterocycles. The molecule has 0 radical (unpaired) electrons.